The number of ether oxygens (including phenoxy) is 3. The Morgan fingerprint density at radius 3 is 2.19 bits per heavy atom. The van der Waals surface area contributed by atoms with Crippen molar-refractivity contribution in [3.05, 3.63) is 35.9 Å². The molecule has 0 radical (unpaired) electrons. The second-order valence-corrected chi connectivity index (χ2v) is 17.3. The molecule has 180 valence electrons. The summed E-state index contributed by atoms with van der Waals surface area (Å²) in [6.07, 6.45) is -2.46. The van der Waals surface area contributed by atoms with Crippen molar-refractivity contribution in [1.29, 1.82) is 5.41 Å². The van der Waals surface area contributed by atoms with Crippen molar-refractivity contribution in [3.63, 3.8) is 0 Å². The highest BCUT2D eigenvalue weighted by atomic mass is 35.6. The molecule has 2 aliphatic rings. The number of fused-ring (bicyclic) bond motifs is 1. The average molecular weight is 525 g/mol. The smallest absolute Gasteiger partial charge is 0.349 e. The lowest BCUT2D eigenvalue weighted by Gasteiger charge is -2.53. The van der Waals surface area contributed by atoms with Gasteiger partial charge in [0.1, 0.15) is 18.3 Å². The SMILES string of the molecule is CC(C)(C)[Si]1(C(C)(C)C)OC[C@H]2O[C@H](OC(=N)C(Cl)(Cl)Cl)[C@@H](OCc3ccccc3)[C@@H]2O1. The summed E-state index contributed by atoms with van der Waals surface area (Å²) in [5, 5.41) is 7.60. The van der Waals surface area contributed by atoms with Gasteiger partial charge in [0.15, 0.2) is 0 Å². The molecule has 1 N–H and O–H groups in total. The number of alkyl halides is 3. The number of hydrogen-bond donors (Lipinski definition) is 1. The van der Waals surface area contributed by atoms with Crippen LogP contribution in [0.2, 0.25) is 10.1 Å². The third-order valence-corrected chi connectivity index (χ3v) is 11.4. The van der Waals surface area contributed by atoms with Gasteiger partial charge in [-0.15, -0.1) is 0 Å². The molecular weight excluding hydrogens is 493 g/mol. The minimum atomic E-state index is -2.78. The molecule has 2 aliphatic heterocycles. The summed E-state index contributed by atoms with van der Waals surface area (Å²) in [7, 11) is -2.78. The van der Waals surface area contributed by atoms with Crippen LogP contribution >= 0.6 is 34.8 Å². The van der Waals surface area contributed by atoms with Crippen molar-refractivity contribution < 1.29 is 23.1 Å². The molecule has 10 heteroatoms. The van der Waals surface area contributed by atoms with E-state index in [1.807, 2.05) is 30.3 Å². The maximum atomic E-state index is 8.01. The molecule has 0 aromatic heterocycles. The van der Waals surface area contributed by atoms with Crippen molar-refractivity contribution in [1.82, 2.24) is 0 Å². The Labute approximate surface area is 206 Å². The molecular formula is C22H32Cl3NO5Si. The third-order valence-electron chi connectivity index (χ3n) is 5.77. The first-order valence-corrected chi connectivity index (χ1v) is 13.6. The topological polar surface area (TPSA) is 70.0 Å². The second-order valence-electron chi connectivity index (χ2n) is 10.3. The van der Waals surface area contributed by atoms with Gasteiger partial charge in [-0.05, 0) is 5.56 Å². The van der Waals surface area contributed by atoms with Gasteiger partial charge < -0.3 is 23.1 Å². The van der Waals surface area contributed by atoms with E-state index >= 15 is 0 Å². The van der Waals surface area contributed by atoms with Crippen molar-refractivity contribution in [3.8, 4) is 0 Å². The molecule has 3 rings (SSSR count). The molecule has 32 heavy (non-hydrogen) atoms. The molecule has 0 aliphatic carbocycles. The summed E-state index contributed by atoms with van der Waals surface area (Å²) in [6, 6.07) is 9.78. The maximum absolute atomic E-state index is 8.01. The lowest BCUT2D eigenvalue weighted by Crippen LogP contribution is -2.65. The van der Waals surface area contributed by atoms with Crippen molar-refractivity contribution in [2.45, 2.75) is 86.6 Å². The Balaban J connectivity index is 1.90. The predicted molar refractivity (Wildman–Crippen MR) is 129 cm³/mol. The molecule has 0 amide bonds. The molecule has 4 atom stereocenters. The highest BCUT2D eigenvalue weighted by Crippen LogP contribution is 2.55. The summed E-state index contributed by atoms with van der Waals surface area (Å²) < 4.78 is 29.3. The van der Waals surface area contributed by atoms with Gasteiger partial charge in [-0.3, -0.25) is 5.41 Å². The Hall–Kier alpha value is -0.383. The van der Waals surface area contributed by atoms with Crippen LogP contribution in [-0.2, 0) is 29.7 Å². The normalized spacial score (nSPS) is 28.3. The van der Waals surface area contributed by atoms with E-state index in [9.17, 15) is 0 Å². The van der Waals surface area contributed by atoms with Gasteiger partial charge in [0.05, 0.1) is 13.2 Å². The number of nitrogens with one attached hydrogen (secondary N) is 1. The van der Waals surface area contributed by atoms with Gasteiger partial charge in [0.2, 0.25) is 12.2 Å². The molecule has 0 unspecified atom stereocenters. The lowest BCUT2D eigenvalue weighted by molar-refractivity contribution is -0.140. The van der Waals surface area contributed by atoms with E-state index in [2.05, 4.69) is 41.5 Å². The summed E-state index contributed by atoms with van der Waals surface area (Å²) in [5.41, 5.74) is 0.994. The third kappa shape index (κ3) is 5.30. The number of hydrogen-bond acceptors (Lipinski definition) is 6. The molecule has 1 aromatic carbocycles. The molecule has 0 bridgehead atoms. The Kier molecular flexibility index (Phi) is 7.66. The molecule has 0 saturated carbocycles. The molecule has 2 fully saturated rings. The zero-order valence-corrected chi connectivity index (χ0v) is 22.6. The van der Waals surface area contributed by atoms with Crippen LogP contribution in [0.3, 0.4) is 0 Å². The zero-order valence-electron chi connectivity index (χ0n) is 19.3. The van der Waals surface area contributed by atoms with Gasteiger partial charge >= 0.3 is 8.56 Å². The molecule has 0 spiro atoms. The lowest BCUT2D eigenvalue weighted by atomic mass is 10.1. The van der Waals surface area contributed by atoms with Crippen LogP contribution in [0.5, 0.6) is 0 Å². The highest BCUT2D eigenvalue weighted by molar-refractivity contribution is 6.76. The van der Waals surface area contributed by atoms with E-state index < -0.39 is 42.9 Å². The second kappa shape index (κ2) is 9.34. The zero-order chi connectivity index (χ0) is 23.9. The Bertz CT molecular complexity index is 793. The van der Waals surface area contributed by atoms with E-state index in [0.29, 0.717) is 13.2 Å². The van der Waals surface area contributed by atoms with E-state index in [1.165, 1.54) is 0 Å². The molecule has 1 aromatic rings. The van der Waals surface area contributed by atoms with Crippen molar-refractivity contribution in [2.24, 2.45) is 0 Å². The van der Waals surface area contributed by atoms with Crippen LogP contribution in [0.25, 0.3) is 0 Å². The minimum Gasteiger partial charge on any atom is -0.445 e. The van der Waals surface area contributed by atoms with Crippen LogP contribution < -0.4 is 0 Å². The summed E-state index contributed by atoms with van der Waals surface area (Å²) in [5.74, 6) is -0.532. The number of benzene rings is 1. The summed E-state index contributed by atoms with van der Waals surface area (Å²) in [6.45, 7) is 13.5. The minimum absolute atomic E-state index is 0.205. The number of rotatable bonds is 4. The van der Waals surface area contributed by atoms with E-state index in [4.69, 9.17) is 63.3 Å². The Morgan fingerprint density at radius 1 is 1.06 bits per heavy atom. The largest absolute Gasteiger partial charge is 0.445 e. The summed E-state index contributed by atoms with van der Waals surface area (Å²) >= 11 is 17.5. The van der Waals surface area contributed by atoms with Crippen molar-refractivity contribution in [2.75, 3.05) is 6.61 Å². The first-order chi connectivity index (χ1) is 14.7. The van der Waals surface area contributed by atoms with Gasteiger partial charge in [0.25, 0.3) is 3.79 Å². The van der Waals surface area contributed by atoms with Gasteiger partial charge in [0, 0.05) is 10.1 Å². The fourth-order valence-corrected chi connectivity index (χ4v) is 9.62. The molecule has 2 heterocycles. The molecule has 6 nitrogen and oxygen atoms in total. The van der Waals surface area contributed by atoms with E-state index in [1.54, 1.807) is 0 Å². The van der Waals surface area contributed by atoms with Crippen LogP contribution in [0.15, 0.2) is 30.3 Å². The van der Waals surface area contributed by atoms with Crippen LogP contribution in [-0.4, -0.2) is 49.5 Å². The van der Waals surface area contributed by atoms with Gasteiger partial charge in [-0.25, -0.2) is 0 Å². The fourth-order valence-electron chi connectivity index (χ4n) is 4.53. The Morgan fingerprint density at radius 2 is 1.66 bits per heavy atom. The fraction of sp³-hybridized carbons (Fsp3) is 0.682. The summed E-state index contributed by atoms with van der Waals surface area (Å²) in [4.78, 5) is 0. The standard InChI is InChI=1S/C22H32Cl3NO5Si/c1-20(2,3)32(21(4,5)6)28-13-15-16(31-32)17(27-12-14-10-8-7-9-11-14)18(29-15)30-19(26)22(23,24)25/h7-11,15-18,26H,12-13H2,1-6H3/t15-,16-,17+,18-/m1/s1. The molecule has 2 saturated heterocycles. The van der Waals surface area contributed by atoms with Gasteiger partial charge in [-0.1, -0.05) is 107 Å². The average Bonchev–Trinajstić information content (AvgIpc) is 3.00. The van der Waals surface area contributed by atoms with E-state index in [-0.39, 0.29) is 10.1 Å². The first-order valence-electron chi connectivity index (χ1n) is 10.6. The van der Waals surface area contributed by atoms with Crippen LogP contribution in [0.4, 0.5) is 0 Å². The van der Waals surface area contributed by atoms with E-state index in [0.717, 1.165) is 5.56 Å². The number of halogens is 3. The highest BCUT2D eigenvalue weighted by Gasteiger charge is 2.65. The monoisotopic (exact) mass is 523 g/mol. The maximum Gasteiger partial charge on any atom is 0.349 e. The first kappa shape index (κ1) is 26.2. The van der Waals surface area contributed by atoms with Crippen molar-refractivity contribution >= 4 is 49.3 Å². The van der Waals surface area contributed by atoms with Crippen LogP contribution in [0.1, 0.15) is 47.1 Å². The van der Waals surface area contributed by atoms with Crippen LogP contribution in [0, 0.1) is 5.41 Å². The van der Waals surface area contributed by atoms with Gasteiger partial charge in [-0.2, -0.15) is 0 Å². The predicted octanol–water partition coefficient (Wildman–Crippen LogP) is 6.12. The quantitative estimate of drug-likeness (QED) is 0.222.